The zero-order valence-electron chi connectivity index (χ0n) is 11.0. The fourth-order valence-electron chi connectivity index (χ4n) is 1.69. The fraction of sp³-hybridized carbons (Fsp3) is 0. The third-order valence-electron chi connectivity index (χ3n) is 2.74. The molecule has 2 aromatic rings. The minimum Gasteiger partial charge on any atom is -0.478 e. The van der Waals surface area contributed by atoms with E-state index in [1.54, 1.807) is 0 Å². The number of aromatic carboxylic acids is 1. The standard InChI is InChI=1S/C16H13NO3S/c18-15(10-14(21)11-4-2-1-3-5-11)17-13-8-6-12(7-9-13)16(19)20/h1-10,21H,(H,17,18)(H,19,20)/b14-10+. The number of benzene rings is 2. The zero-order valence-corrected chi connectivity index (χ0v) is 11.9. The van der Waals surface area contributed by atoms with Gasteiger partial charge in [-0.3, -0.25) is 4.79 Å². The van der Waals surface area contributed by atoms with Crippen LogP contribution in [0.2, 0.25) is 0 Å². The minimum absolute atomic E-state index is 0.169. The molecule has 0 heterocycles. The van der Waals surface area contributed by atoms with Gasteiger partial charge in [-0.1, -0.05) is 30.3 Å². The van der Waals surface area contributed by atoms with Crippen molar-refractivity contribution in [3.63, 3.8) is 0 Å². The van der Waals surface area contributed by atoms with Gasteiger partial charge in [0.2, 0.25) is 5.91 Å². The van der Waals surface area contributed by atoms with E-state index in [9.17, 15) is 9.59 Å². The molecule has 0 aliphatic rings. The predicted molar refractivity (Wildman–Crippen MR) is 85.4 cm³/mol. The van der Waals surface area contributed by atoms with E-state index in [2.05, 4.69) is 17.9 Å². The molecule has 0 unspecified atom stereocenters. The molecule has 0 bridgehead atoms. The van der Waals surface area contributed by atoms with Crippen LogP contribution in [0.1, 0.15) is 15.9 Å². The average molecular weight is 299 g/mol. The summed E-state index contributed by atoms with van der Waals surface area (Å²) in [6.07, 6.45) is 1.38. The van der Waals surface area contributed by atoms with Gasteiger partial charge in [-0.25, -0.2) is 4.79 Å². The van der Waals surface area contributed by atoms with Crippen LogP contribution < -0.4 is 5.32 Å². The summed E-state index contributed by atoms with van der Waals surface area (Å²) in [5.41, 5.74) is 1.54. The van der Waals surface area contributed by atoms with Crippen LogP contribution in [0.3, 0.4) is 0 Å². The first-order valence-corrected chi connectivity index (χ1v) is 6.61. The third kappa shape index (κ3) is 4.22. The maximum atomic E-state index is 11.9. The molecule has 0 aliphatic heterocycles. The van der Waals surface area contributed by atoms with Crippen LogP contribution >= 0.6 is 12.6 Å². The summed E-state index contributed by atoms with van der Waals surface area (Å²) in [6.45, 7) is 0. The SMILES string of the molecule is O=C(/C=C(/S)c1ccccc1)Nc1ccc(C(=O)O)cc1. The molecule has 0 aromatic heterocycles. The average Bonchev–Trinajstić information content (AvgIpc) is 2.48. The molecule has 0 radical (unpaired) electrons. The van der Waals surface area contributed by atoms with Gasteiger partial charge in [0, 0.05) is 16.7 Å². The summed E-state index contributed by atoms with van der Waals surface area (Å²) >= 11 is 4.29. The van der Waals surface area contributed by atoms with Crippen LogP contribution in [0.25, 0.3) is 4.91 Å². The highest BCUT2D eigenvalue weighted by Gasteiger charge is 2.04. The highest BCUT2D eigenvalue weighted by atomic mass is 32.1. The van der Waals surface area contributed by atoms with E-state index in [-0.39, 0.29) is 11.5 Å². The lowest BCUT2D eigenvalue weighted by Gasteiger charge is -2.04. The molecule has 0 saturated heterocycles. The molecule has 1 amide bonds. The summed E-state index contributed by atoms with van der Waals surface area (Å²) in [6, 6.07) is 15.3. The van der Waals surface area contributed by atoms with Crippen molar-refractivity contribution in [2.75, 3.05) is 5.32 Å². The first-order chi connectivity index (χ1) is 10.1. The number of carbonyl (C=O) groups is 2. The quantitative estimate of drug-likeness (QED) is 0.599. The van der Waals surface area contributed by atoms with Crippen molar-refractivity contribution in [3.8, 4) is 0 Å². The molecule has 21 heavy (non-hydrogen) atoms. The number of carbonyl (C=O) groups excluding carboxylic acids is 1. The largest absolute Gasteiger partial charge is 0.478 e. The molecule has 5 heteroatoms. The summed E-state index contributed by atoms with van der Waals surface area (Å²) in [5, 5.41) is 11.4. The number of rotatable bonds is 4. The van der Waals surface area contributed by atoms with E-state index >= 15 is 0 Å². The molecular formula is C16H13NO3S. The highest BCUT2D eigenvalue weighted by Crippen LogP contribution is 2.18. The topological polar surface area (TPSA) is 66.4 Å². The van der Waals surface area contributed by atoms with Crippen LogP contribution in [0.4, 0.5) is 5.69 Å². The predicted octanol–water partition coefficient (Wildman–Crippen LogP) is 3.29. The van der Waals surface area contributed by atoms with E-state index in [0.29, 0.717) is 10.6 Å². The van der Waals surface area contributed by atoms with Crippen molar-refractivity contribution >= 4 is 35.1 Å². The number of carboxylic acid groups (broad SMARTS) is 1. The van der Waals surface area contributed by atoms with Crippen LogP contribution in [0, 0.1) is 0 Å². The van der Waals surface area contributed by atoms with E-state index in [4.69, 9.17) is 5.11 Å². The second-order valence-corrected chi connectivity index (χ2v) is 4.75. The third-order valence-corrected chi connectivity index (χ3v) is 3.12. The summed E-state index contributed by atoms with van der Waals surface area (Å²) in [4.78, 5) is 23.1. The van der Waals surface area contributed by atoms with Crippen LogP contribution in [-0.2, 0) is 4.79 Å². The molecule has 2 rings (SSSR count). The molecular weight excluding hydrogens is 286 g/mol. The second kappa shape index (κ2) is 6.76. The van der Waals surface area contributed by atoms with Gasteiger partial charge < -0.3 is 10.4 Å². The van der Waals surface area contributed by atoms with Crippen LogP contribution in [-0.4, -0.2) is 17.0 Å². The Morgan fingerprint density at radius 1 is 0.952 bits per heavy atom. The van der Waals surface area contributed by atoms with Crippen LogP contribution in [0.15, 0.2) is 60.7 Å². The summed E-state index contributed by atoms with van der Waals surface area (Å²) in [7, 11) is 0. The molecule has 4 nitrogen and oxygen atoms in total. The minimum atomic E-state index is -1.01. The molecule has 0 atom stereocenters. The number of thiol groups is 1. The molecule has 0 aliphatic carbocycles. The second-order valence-electron chi connectivity index (χ2n) is 4.27. The van der Waals surface area contributed by atoms with Crippen molar-refractivity contribution < 1.29 is 14.7 Å². The lowest BCUT2D eigenvalue weighted by Crippen LogP contribution is -2.08. The zero-order chi connectivity index (χ0) is 15.2. The number of amides is 1. The Balaban J connectivity index is 2.06. The van der Waals surface area contributed by atoms with Gasteiger partial charge in [0.05, 0.1) is 5.56 Å². The normalized spacial score (nSPS) is 11.0. The maximum absolute atomic E-state index is 11.9. The Kier molecular flexibility index (Phi) is 4.79. The molecule has 0 saturated carbocycles. The monoisotopic (exact) mass is 299 g/mol. The van der Waals surface area contributed by atoms with Crippen molar-refractivity contribution in [2.24, 2.45) is 0 Å². The Labute approximate surface area is 127 Å². The molecule has 2 N–H and O–H groups in total. The van der Waals surface area contributed by atoms with Crippen molar-refractivity contribution in [1.29, 1.82) is 0 Å². The lowest BCUT2D eigenvalue weighted by molar-refractivity contribution is -0.111. The van der Waals surface area contributed by atoms with Gasteiger partial charge in [-0.2, -0.15) is 0 Å². The Morgan fingerprint density at radius 3 is 2.14 bits per heavy atom. The van der Waals surface area contributed by atoms with Gasteiger partial charge in [0.15, 0.2) is 0 Å². The summed E-state index contributed by atoms with van der Waals surface area (Å²) in [5.74, 6) is -1.33. The smallest absolute Gasteiger partial charge is 0.335 e. The van der Waals surface area contributed by atoms with Crippen molar-refractivity contribution in [3.05, 3.63) is 71.8 Å². The van der Waals surface area contributed by atoms with Gasteiger partial charge in [-0.05, 0) is 29.8 Å². The Hall–Kier alpha value is -2.53. The fourth-order valence-corrected chi connectivity index (χ4v) is 1.96. The highest BCUT2D eigenvalue weighted by molar-refractivity contribution is 7.90. The number of nitrogens with one attached hydrogen (secondary N) is 1. The van der Waals surface area contributed by atoms with Gasteiger partial charge in [0.1, 0.15) is 0 Å². The van der Waals surface area contributed by atoms with Gasteiger partial charge >= 0.3 is 5.97 Å². The number of hydrogen-bond acceptors (Lipinski definition) is 3. The van der Waals surface area contributed by atoms with Gasteiger partial charge in [-0.15, -0.1) is 12.6 Å². The summed E-state index contributed by atoms with van der Waals surface area (Å²) < 4.78 is 0. The van der Waals surface area contributed by atoms with Crippen molar-refractivity contribution in [1.82, 2.24) is 0 Å². The first-order valence-electron chi connectivity index (χ1n) is 6.16. The number of anilines is 1. The van der Waals surface area contributed by atoms with E-state index < -0.39 is 5.97 Å². The molecule has 0 spiro atoms. The first kappa shape index (κ1) is 14.9. The number of carboxylic acids is 1. The number of hydrogen-bond donors (Lipinski definition) is 3. The van der Waals surface area contributed by atoms with E-state index in [1.807, 2.05) is 30.3 Å². The Morgan fingerprint density at radius 2 is 1.57 bits per heavy atom. The lowest BCUT2D eigenvalue weighted by atomic mass is 10.2. The molecule has 106 valence electrons. The van der Waals surface area contributed by atoms with E-state index in [0.717, 1.165) is 5.56 Å². The molecule has 0 fully saturated rings. The van der Waals surface area contributed by atoms with Crippen LogP contribution in [0.5, 0.6) is 0 Å². The Bertz CT molecular complexity index is 678. The van der Waals surface area contributed by atoms with Crippen molar-refractivity contribution in [2.45, 2.75) is 0 Å². The van der Waals surface area contributed by atoms with Gasteiger partial charge in [0.25, 0.3) is 0 Å². The van der Waals surface area contributed by atoms with E-state index in [1.165, 1.54) is 30.3 Å². The maximum Gasteiger partial charge on any atom is 0.335 e. The molecule has 2 aromatic carbocycles.